The van der Waals surface area contributed by atoms with E-state index in [9.17, 15) is 9.59 Å². The summed E-state index contributed by atoms with van der Waals surface area (Å²) in [6, 6.07) is 0. The van der Waals surface area contributed by atoms with Gasteiger partial charge >= 0.3 is 0 Å². The molecule has 6 heteroatoms. The molecule has 0 aromatic rings. The van der Waals surface area contributed by atoms with Crippen LogP contribution in [0.2, 0.25) is 0 Å². The number of rotatable bonds is 7. The number of hydrogen-bond acceptors (Lipinski definition) is 4. The van der Waals surface area contributed by atoms with Crippen molar-refractivity contribution in [1.82, 2.24) is 4.90 Å². The van der Waals surface area contributed by atoms with E-state index < -0.39 is 11.3 Å². The maximum Gasteiger partial charge on any atom is 0.237 e. The summed E-state index contributed by atoms with van der Waals surface area (Å²) in [5.74, 6) is -0.533. The fourth-order valence-electron chi connectivity index (χ4n) is 2.39. The van der Waals surface area contributed by atoms with E-state index in [2.05, 4.69) is 0 Å². The third-order valence-electron chi connectivity index (χ3n) is 3.71. The van der Waals surface area contributed by atoms with Crippen molar-refractivity contribution in [2.24, 2.45) is 16.9 Å². The summed E-state index contributed by atoms with van der Waals surface area (Å²) >= 11 is 0. The molecule has 19 heavy (non-hydrogen) atoms. The summed E-state index contributed by atoms with van der Waals surface area (Å²) in [7, 11) is 0. The van der Waals surface area contributed by atoms with Gasteiger partial charge in [-0.2, -0.15) is 0 Å². The monoisotopic (exact) mass is 271 g/mol. The molecular formula is C13H25N3O3. The molecule has 110 valence electrons. The Hall–Kier alpha value is -1.14. The number of nitrogens with zero attached hydrogens (tertiary/aromatic N) is 1. The number of carbonyl (C=O) groups is 2. The Morgan fingerprint density at radius 1 is 1.32 bits per heavy atom. The predicted octanol–water partition coefficient (Wildman–Crippen LogP) is -0.144. The van der Waals surface area contributed by atoms with Gasteiger partial charge in [0.1, 0.15) is 0 Å². The Bertz CT molecular complexity index is 314. The average Bonchev–Trinajstić information content (AvgIpc) is 2.43. The highest BCUT2D eigenvalue weighted by atomic mass is 16.5. The maximum atomic E-state index is 12.7. The van der Waals surface area contributed by atoms with Crippen molar-refractivity contribution in [3.63, 3.8) is 0 Å². The highest BCUT2D eigenvalue weighted by Crippen LogP contribution is 2.31. The van der Waals surface area contributed by atoms with E-state index in [1.54, 1.807) is 4.90 Å². The molecule has 1 rings (SSSR count). The third kappa shape index (κ3) is 4.18. The number of ether oxygens (including phenoxy) is 1. The van der Waals surface area contributed by atoms with Gasteiger partial charge in [-0.25, -0.2) is 0 Å². The third-order valence-corrected chi connectivity index (χ3v) is 3.71. The van der Waals surface area contributed by atoms with Crippen LogP contribution < -0.4 is 11.5 Å². The average molecular weight is 271 g/mol. The van der Waals surface area contributed by atoms with Crippen molar-refractivity contribution in [1.29, 1.82) is 0 Å². The summed E-state index contributed by atoms with van der Waals surface area (Å²) in [5.41, 5.74) is 10.5. The molecule has 1 saturated heterocycles. The highest BCUT2D eigenvalue weighted by molar-refractivity contribution is 5.87. The van der Waals surface area contributed by atoms with E-state index >= 15 is 0 Å². The molecule has 0 saturated carbocycles. The second-order valence-corrected chi connectivity index (χ2v) is 5.14. The molecular weight excluding hydrogens is 246 g/mol. The van der Waals surface area contributed by atoms with Gasteiger partial charge in [0.15, 0.2) is 0 Å². The molecule has 0 atom stereocenters. The Morgan fingerprint density at radius 2 is 1.95 bits per heavy atom. The second kappa shape index (κ2) is 7.45. The molecule has 0 spiro atoms. The van der Waals surface area contributed by atoms with E-state index in [1.165, 1.54) is 0 Å². The summed E-state index contributed by atoms with van der Waals surface area (Å²) in [6.07, 6.45) is 3.05. The van der Waals surface area contributed by atoms with Crippen LogP contribution in [0.1, 0.15) is 32.6 Å². The minimum Gasteiger partial charge on any atom is -0.381 e. The first-order valence-electron chi connectivity index (χ1n) is 6.91. The lowest BCUT2D eigenvalue weighted by molar-refractivity contribution is -0.149. The van der Waals surface area contributed by atoms with E-state index in [0.717, 1.165) is 12.8 Å². The van der Waals surface area contributed by atoms with Crippen LogP contribution in [-0.4, -0.2) is 49.6 Å². The zero-order valence-electron chi connectivity index (χ0n) is 11.7. The zero-order chi connectivity index (χ0) is 14.3. The Balaban J connectivity index is 2.79. The first-order valence-corrected chi connectivity index (χ1v) is 6.91. The minimum absolute atomic E-state index is 0.0263. The van der Waals surface area contributed by atoms with Gasteiger partial charge in [0.2, 0.25) is 11.8 Å². The molecule has 0 aromatic heterocycles. The van der Waals surface area contributed by atoms with Crippen LogP contribution in [0, 0.1) is 5.41 Å². The zero-order valence-corrected chi connectivity index (χ0v) is 11.7. The topological polar surface area (TPSA) is 98.7 Å². The first kappa shape index (κ1) is 15.9. The van der Waals surface area contributed by atoms with Gasteiger partial charge in [-0.05, 0) is 19.3 Å². The molecule has 4 N–H and O–H groups in total. The molecule has 1 fully saturated rings. The van der Waals surface area contributed by atoms with Gasteiger partial charge in [0, 0.05) is 26.3 Å². The molecule has 0 aliphatic carbocycles. The van der Waals surface area contributed by atoms with Gasteiger partial charge in [0.05, 0.1) is 12.0 Å². The van der Waals surface area contributed by atoms with Gasteiger partial charge in [-0.15, -0.1) is 0 Å². The minimum atomic E-state index is -0.582. The van der Waals surface area contributed by atoms with Gasteiger partial charge < -0.3 is 21.1 Å². The second-order valence-electron chi connectivity index (χ2n) is 5.14. The van der Waals surface area contributed by atoms with Gasteiger partial charge in [0.25, 0.3) is 0 Å². The summed E-state index contributed by atoms with van der Waals surface area (Å²) in [6.45, 7) is 3.95. The van der Waals surface area contributed by atoms with Crippen molar-refractivity contribution in [2.45, 2.75) is 32.6 Å². The van der Waals surface area contributed by atoms with Gasteiger partial charge in [-0.1, -0.05) is 13.3 Å². The van der Waals surface area contributed by atoms with Crippen molar-refractivity contribution in [3.05, 3.63) is 0 Å². The lowest BCUT2D eigenvalue weighted by Crippen LogP contribution is -2.52. The quantitative estimate of drug-likeness (QED) is 0.673. The highest BCUT2D eigenvalue weighted by Gasteiger charge is 2.41. The molecule has 0 unspecified atom stereocenters. The number of amides is 2. The van der Waals surface area contributed by atoms with Gasteiger partial charge in [-0.3, -0.25) is 9.59 Å². The number of carbonyl (C=O) groups excluding carboxylic acids is 2. The number of unbranched alkanes of at least 4 members (excludes halogenated alkanes) is 1. The molecule has 0 radical (unpaired) electrons. The van der Waals surface area contributed by atoms with Crippen LogP contribution in [0.15, 0.2) is 0 Å². The van der Waals surface area contributed by atoms with Crippen molar-refractivity contribution in [2.75, 3.05) is 32.8 Å². The lowest BCUT2D eigenvalue weighted by Gasteiger charge is -2.38. The Labute approximate surface area is 114 Å². The molecule has 1 heterocycles. The Morgan fingerprint density at radius 3 is 2.42 bits per heavy atom. The fraction of sp³-hybridized carbons (Fsp3) is 0.846. The Kier molecular flexibility index (Phi) is 6.24. The van der Waals surface area contributed by atoms with Crippen LogP contribution in [0.4, 0.5) is 0 Å². The van der Waals surface area contributed by atoms with Crippen LogP contribution in [-0.2, 0) is 14.3 Å². The van der Waals surface area contributed by atoms with Crippen LogP contribution in [0.5, 0.6) is 0 Å². The van der Waals surface area contributed by atoms with Crippen molar-refractivity contribution >= 4 is 11.8 Å². The fourth-order valence-corrected chi connectivity index (χ4v) is 2.39. The molecule has 0 aromatic carbocycles. The predicted molar refractivity (Wildman–Crippen MR) is 72.2 cm³/mol. The van der Waals surface area contributed by atoms with Crippen LogP contribution in [0.25, 0.3) is 0 Å². The van der Waals surface area contributed by atoms with Crippen molar-refractivity contribution in [3.8, 4) is 0 Å². The summed E-state index contributed by atoms with van der Waals surface area (Å²) in [4.78, 5) is 25.4. The van der Waals surface area contributed by atoms with Crippen molar-refractivity contribution < 1.29 is 14.3 Å². The van der Waals surface area contributed by atoms with E-state index in [0.29, 0.717) is 32.6 Å². The standard InChI is InChI=1S/C13H25N3O3/c1-2-3-6-16(9-11(15)17)12(18)13(10-14)4-7-19-8-5-13/h2-10,14H2,1H3,(H2,15,17). The molecule has 0 bridgehead atoms. The molecule has 6 nitrogen and oxygen atoms in total. The van der Waals surface area contributed by atoms with E-state index in [-0.39, 0.29) is 19.0 Å². The SMILES string of the molecule is CCCCN(CC(N)=O)C(=O)C1(CN)CCOCC1. The maximum absolute atomic E-state index is 12.7. The molecule has 1 aliphatic rings. The van der Waals surface area contributed by atoms with E-state index in [4.69, 9.17) is 16.2 Å². The lowest BCUT2D eigenvalue weighted by atomic mass is 9.78. The summed E-state index contributed by atoms with van der Waals surface area (Å²) < 4.78 is 5.30. The van der Waals surface area contributed by atoms with E-state index in [1.807, 2.05) is 6.92 Å². The largest absolute Gasteiger partial charge is 0.381 e. The number of primary amides is 1. The van der Waals surface area contributed by atoms with Crippen LogP contribution >= 0.6 is 0 Å². The smallest absolute Gasteiger partial charge is 0.237 e. The number of hydrogen-bond donors (Lipinski definition) is 2. The molecule has 1 aliphatic heterocycles. The number of nitrogens with two attached hydrogens (primary N) is 2. The summed E-state index contributed by atoms with van der Waals surface area (Å²) in [5, 5.41) is 0. The van der Waals surface area contributed by atoms with Crippen LogP contribution in [0.3, 0.4) is 0 Å². The normalized spacial score (nSPS) is 18.0. The molecule has 2 amide bonds. The first-order chi connectivity index (χ1) is 9.05.